The molecule has 1 fully saturated rings. The highest BCUT2D eigenvalue weighted by atomic mass is 16.5. The number of hydrogen-bond donors (Lipinski definition) is 2. The molecule has 0 radical (unpaired) electrons. The minimum absolute atomic E-state index is 0.207. The van der Waals surface area contributed by atoms with E-state index < -0.39 is 12.2 Å². The number of unbranched alkanes of at least 4 members (excludes halogenated alkanes) is 1. The summed E-state index contributed by atoms with van der Waals surface area (Å²) in [5.41, 5.74) is 1.02. The third kappa shape index (κ3) is 3.89. The van der Waals surface area contributed by atoms with Gasteiger partial charge in [-0.3, -0.25) is 0 Å². The van der Waals surface area contributed by atoms with E-state index in [-0.39, 0.29) is 6.04 Å². The molecule has 0 heterocycles. The number of hydrogen-bond acceptors (Lipinski definition) is 4. The van der Waals surface area contributed by atoms with E-state index >= 15 is 0 Å². The van der Waals surface area contributed by atoms with E-state index in [1.54, 1.807) is 0 Å². The second-order valence-corrected chi connectivity index (χ2v) is 5.68. The van der Waals surface area contributed by atoms with Gasteiger partial charge < -0.3 is 19.8 Å². The van der Waals surface area contributed by atoms with Crippen LogP contribution in [0.1, 0.15) is 39.5 Å². The average molecular weight is 293 g/mol. The molecule has 4 heteroatoms. The Hall–Kier alpha value is -1.26. The lowest BCUT2D eigenvalue weighted by atomic mass is 10.1. The van der Waals surface area contributed by atoms with Gasteiger partial charge in [0.15, 0.2) is 0 Å². The predicted molar refractivity (Wildman–Crippen MR) is 84.9 cm³/mol. The van der Waals surface area contributed by atoms with Crippen molar-refractivity contribution < 1.29 is 14.9 Å². The Kier molecular flexibility index (Phi) is 5.88. The number of likely N-dealkylation sites (N-methyl/N-ethyl adjacent to an activating group) is 1. The molecule has 2 atom stereocenters. The smallest absolute Gasteiger partial charge is 0.119 e. The Balaban J connectivity index is 2.05. The summed E-state index contributed by atoms with van der Waals surface area (Å²) in [7, 11) is 0. The summed E-state index contributed by atoms with van der Waals surface area (Å²) in [5.74, 6) is 0.871. The Bertz CT molecular complexity index is 411. The standard InChI is InChI=1S/C17H27NO3/c1-3-5-12-21-14-8-6-13(7-9-14)18(4-2)17-15(19)10-11-16(17)20/h6-9,15-17,19-20H,3-5,10-12H2,1-2H3. The zero-order valence-electron chi connectivity index (χ0n) is 13.0. The Morgan fingerprint density at radius 3 is 2.24 bits per heavy atom. The van der Waals surface area contributed by atoms with Crippen LogP contribution in [0.2, 0.25) is 0 Å². The first-order chi connectivity index (χ1) is 10.2. The first kappa shape index (κ1) is 16.1. The van der Waals surface area contributed by atoms with Crippen molar-refractivity contribution in [2.75, 3.05) is 18.1 Å². The van der Waals surface area contributed by atoms with Gasteiger partial charge in [-0.2, -0.15) is 0 Å². The van der Waals surface area contributed by atoms with Gasteiger partial charge in [0.05, 0.1) is 24.9 Å². The van der Waals surface area contributed by atoms with E-state index in [0.717, 1.165) is 37.4 Å². The van der Waals surface area contributed by atoms with E-state index in [0.29, 0.717) is 12.8 Å². The molecule has 0 bridgehead atoms. The summed E-state index contributed by atoms with van der Waals surface area (Å²) in [6.07, 6.45) is 2.60. The molecule has 1 aromatic rings. The fraction of sp³-hybridized carbons (Fsp3) is 0.647. The van der Waals surface area contributed by atoms with Crippen LogP contribution in [0.15, 0.2) is 24.3 Å². The number of aliphatic hydroxyl groups is 2. The van der Waals surface area contributed by atoms with Crippen LogP contribution >= 0.6 is 0 Å². The fourth-order valence-corrected chi connectivity index (χ4v) is 2.99. The van der Waals surface area contributed by atoms with Gasteiger partial charge >= 0.3 is 0 Å². The van der Waals surface area contributed by atoms with Gasteiger partial charge in [-0.1, -0.05) is 13.3 Å². The number of anilines is 1. The van der Waals surface area contributed by atoms with Crippen LogP contribution in [0.4, 0.5) is 5.69 Å². The molecule has 0 amide bonds. The van der Waals surface area contributed by atoms with Crippen LogP contribution in [0, 0.1) is 0 Å². The topological polar surface area (TPSA) is 52.9 Å². The van der Waals surface area contributed by atoms with Crippen LogP contribution < -0.4 is 9.64 Å². The van der Waals surface area contributed by atoms with Crippen molar-refractivity contribution in [3.63, 3.8) is 0 Å². The zero-order valence-corrected chi connectivity index (χ0v) is 13.0. The van der Waals surface area contributed by atoms with Crippen molar-refractivity contribution in [1.29, 1.82) is 0 Å². The highest BCUT2D eigenvalue weighted by Gasteiger charge is 2.37. The van der Waals surface area contributed by atoms with Crippen molar-refractivity contribution in [2.45, 2.75) is 57.8 Å². The maximum atomic E-state index is 10.1. The van der Waals surface area contributed by atoms with Gasteiger partial charge in [0.25, 0.3) is 0 Å². The summed E-state index contributed by atoms with van der Waals surface area (Å²) >= 11 is 0. The summed E-state index contributed by atoms with van der Waals surface area (Å²) in [4.78, 5) is 2.08. The molecule has 1 aromatic carbocycles. The first-order valence-corrected chi connectivity index (χ1v) is 8.03. The SMILES string of the molecule is CCCCOc1ccc(N(CC)C2C(O)CCC2O)cc1. The van der Waals surface area contributed by atoms with Gasteiger partial charge in [0.2, 0.25) is 0 Å². The number of nitrogens with zero attached hydrogens (tertiary/aromatic N) is 1. The highest BCUT2D eigenvalue weighted by Crippen LogP contribution is 2.30. The van der Waals surface area contributed by atoms with Gasteiger partial charge in [0.1, 0.15) is 5.75 Å². The summed E-state index contributed by atoms with van der Waals surface area (Å²) in [6, 6.07) is 7.72. The lowest BCUT2D eigenvalue weighted by molar-refractivity contribution is 0.106. The van der Waals surface area contributed by atoms with Crippen LogP contribution in [0.25, 0.3) is 0 Å². The maximum Gasteiger partial charge on any atom is 0.119 e. The minimum Gasteiger partial charge on any atom is -0.494 e. The quantitative estimate of drug-likeness (QED) is 0.759. The average Bonchev–Trinajstić information content (AvgIpc) is 2.82. The lowest BCUT2D eigenvalue weighted by Gasteiger charge is -2.34. The van der Waals surface area contributed by atoms with Crippen molar-refractivity contribution in [3.8, 4) is 5.75 Å². The molecule has 0 spiro atoms. The Morgan fingerprint density at radius 1 is 1.10 bits per heavy atom. The first-order valence-electron chi connectivity index (χ1n) is 8.03. The van der Waals surface area contributed by atoms with Crippen molar-refractivity contribution in [3.05, 3.63) is 24.3 Å². The third-order valence-corrected chi connectivity index (χ3v) is 4.18. The van der Waals surface area contributed by atoms with Crippen LogP contribution in [0.3, 0.4) is 0 Å². The monoisotopic (exact) mass is 293 g/mol. The van der Waals surface area contributed by atoms with Crippen molar-refractivity contribution >= 4 is 5.69 Å². The summed E-state index contributed by atoms with van der Waals surface area (Å²) in [5, 5.41) is 20.2. The van der Waals surface area contributed by atoms with E-state index in [1.165, 1.54) is 0 Å². The molecule has 2 rings (SSSR count). The largest absolute Gasteiger partial charge is 0.494 e. The number of rotatable bonds is 7. The fourth-order valence-electron chi connectivity index (χ4n) is 2.99. The molecular weight excluding hydrogens is 266 g/mol. The third-order valence-electron chi connectivity index (χ3n) is 4.18. The molecule has 1 aliphatic rings. The van der Waals surface area contributed by atoms with E-state index in [1.807, 2.05) is 31.2 Å². The molecule has 2 unspecified atom stereocenters. The molecule has 0 saturated heterocycles. The predicted octanol–water partition coefficient (Wildman–Crippen LogP) is 2.58. The molecule has 21 heavy (non-hydrogen) atoms. The second kappa shape index (κ2) is 7.66. The highest BCUT2D eigenvalue weighted by molar-refractivity contribution is 5.50. The molecule has 2 N–H and O–H groups in total. The van der Waals surface area contributed by atoms with Gasteiger partial charge in [-0.25, -0.2) is 0 Å². The number of benzene rings is 1. The van der Waals surface area contributed by atoms with Crippen molar-refractivity contribution in [1.82, 2.24) is 0 Å². The molecular formula is C17H27NO3. The number of aliphatic hydroxyl groups excluding tert-OH is 2. The van der Waals surface area contributed by atoms with Crippen LogP contribution in [0.5, 0.6) is 5.75 Å². The molecule has 118 valence electrons. The van der Waals surface area contributed by atoms with Gasteiger partial charge in [0, 0.05) is 12.2 Å². The summed E-state index contributed by atoms with van der Waals surface area (Å²) < 4.78 is 5.67. The van der Waals surface area contributed by atoms with E-state index in [4.69, 9.17) is 4.74 Å². The second-order valence-electron chi connectivity index (χ2n) is 5.68. The molecule has 1 aliphatic carbocycles. The molecule has 1 saturated carbocycles. The van der Waals surface area contributed by atoms with E-state index in [9.17, 15) is 10.2 Å². The molecule has 4 nitrogen and oxygen atoms in total. The Morgan fingerprint density at radius 2 is 1.71 bits per heavy atom. The normalized spacial score (nSPS) is 25.0. The van der Waals surface area contributed by atoms with Gasteiger partial charge in [-0.05, 0) is 50.5 Å². The van der Waals surface area contributed by atoms with Crippen LogP contribution in [-0.4, -0.2) is 41.6 Å². The Labute approximate surface area is 127 Å². The van der Waals surface area contributed by atoms with Gasteiger partial charge in [-0.15, -0.1) is 0 Å². The van der Waals surface area contributed by atoms with E-state index in [2.05, 4.69) is 11.8 Å². The summed E-state index contributed by atoms with van der Waals surface area (Å²) in [6.45, 7) is 5.69. The van der Waals surface area contributed by atoms with Crippen LogP contribution in [-0.2, 0) is 0 Å². The lowest BCUT2D eigenvalue weighted by Crippen LogP contribution is -2.46. The molecule has 0 aromatic heterocycles. The van der Waals surface area contributed by atoms with Crippen molar-refractivity contribution in [2.24, 2.45) is 0 Å². The maximum absolute atomic E-state index is 10.1. The molecule has 0 aliphatic heterocycles. The number of ether oxygens (including phenoxy) is 1. The minimum atomic E-state index is -0.458. The zero-order chi connectivity index (χ0) is 15.2.